The van der Waals surface area contributed by atoms with Crippen molar-refractivity contribution < 1.29 is 9.53 Å². The summed E-state index contributed by atoms with van der Waals surface area (Å²) in [6.45, 7) is 0. The number of carbonyl (C=O) groups is 1. The van der Waals surface area contributed by atoms with Crippen LogP contribution < -0.4 is 4.74 Å². The zero-order valence-corrected chi connectivity index (χ0v) is 11.6. The summed E-state index contributed by atoms with van der Waals surface area (Å²) in [5.74, 6) is 1.32. The molecule has 94 valence electrons. The van der Waals surface area contributed by atoms with Crippen LogP contribution in [0.15, 0.2) is 46.9 Å². The van der Waals surface area contributed by atoms with Crippen molar-refractivity contribution in [3.05, 3.63) is 58.1 Å². The van der Waals surface area contributed by atoms with Gasteiger partial charge in [0.1, 0.15) is 17.8 Å². The SMILES string of the molecule is N#CCc1ccc(Oc2ccc(C=O)cc2Br)cc1. The van der Waals surface area contributed by atoms with Crippen molar-refractivity contribution in [1.29, 1.82) is 5.26 Å². The molecule has 0 fully saturated rings. The van der Waals surface area contributed by atoms with Crippen molar-refractivity contribution >= 4 is 22.2 Å². The van der Waals surface area contributed by atoms with E-state index in [1.807, 2.05) is 24.3 Å². The van der Waals surface area contributed by atoms with Gasteiger partial charge in [0.2, 0.25) is 0 Å². The molecule has 0 aliphatic carbocycles. The summed E-state index contributed by atoms with van der Waals surface area (Å²) < 4.78 is 6.42. The predicted octanol–water partition coefficient (Wildman–Crippen LogP) is 4.12. The fourth-order valence-corrected chi connectivity index (χ4v) is 2.04. The van der Waals surface area contributed by atoms with E-state index in [2.05, 4.69) is 22.0 Å². The summed E-state index contributed by atoms with van der Waals surface area (Å²) in [5.41, 5.74) is 1.54. The van der Waals surface area contributed by atoms with Crippen molar-refractivity contribution in [2.24, 2.45) is 0 Å². The van der Waals surface area contributed by atoms with E-state index in [0.29, 0.717) is 23.5 Å². The zero-order chi connectivity index (χ0) is 13.7. The largest absolute Gasteiger partial charge is 0.456 e. The Balaban J connectivity index is 2.17. The highest BCUT2D eigenvalue weighted by atomic mass is 79.9. The van der Waals surface area contributed by atoms with Gasteiger partial charge in [0.25, 0.3) is 0 Å². The van der Waals surface area contributed by atoms with Crippen LogP contribution in [-0.2, 0) is 6.42 Å². The Kier molecular flexibility index (Phi) is 4.32. The van der Waals surface area contributed by atoms with Crippen LogP contribution in [0.4, 0.5) is 0 Å². The quantitative estimate of drug-likeness (QED) is 0.797. The lowest BCUT2D eigenvalue weighted by atomic mass is 10.2. The lowest BCUT2D eigenvalue weighted by Crippen LogP contribution is -1.88. The topological polar surface area (TPSA) is 50.1 Å². The number of nitriles is 1. The molecule has 3 nitrogen and oxygen atoms in total. The van der Waals surface area contributed by atoms with Crippen molar-refractivity contribution in [1.82, 2.24) is 0 Å². The molecule has 19 heavy (non-hydrogen) atoms. The molecule has 0 aliphatic rings. The molecule has 0 bridgehead atoms. The van der Waals surface area contributed by atoms with Crippen LogP contribution in [0.3, 0.4) is 0 Å². The van der Waals surface area contributed by atoms with E-state index < -0.39 is 0 Å². The molecule has 0 aliphatic heterocycles. The highest BCUT2D eigenvalue weighted by molar-refractivity contribution is 9.10. The van der Waals surface area contributed by atoms with Crippen LogP contribution in [-0.4, -0.2) is 6.29 Å². The third kappa shape index (κ3) is 3.43. The maximum Gasteiger partial charge on any atom is 0.150 e. The normalized spacial score (nSPS) is 9.68. The van der Waals surface area contributed by atoms with Crippen molar-refractivity contribution in [2.45, 2.75) is 6.42 Å². The first kappa shape index (κ1) is 13.3. The summed E-state index contributed by atoms with van der Waals surface area (Å²) in [7, 11) is 0. The summed E-state index contributed by atoms with van der Waals surface area (Å²) in [6.07, 6.45) is 1.17. The van der Waals surface area contributed by atoms with Gasteiger partial charge in [0, 0.05) is 5.56 Å². The molecule has 0 atom stereocenters. The first-order valence-electron chi connectivity index (χ1n) is 5.61. The fraction of sp³-hybridized carbons (Fsp3) is 0.0667. The van der Waals surface area contributed by atoms with Crippen LogP contribution in [0.25, 0.3) is 0 Å². The standard InChI is InChI=1S/C15H10BrNO2/c16-14-9-12(10-18)3-6-15(14)19-13-4-1-11(2-5-13)7-8-17/h1-6,9-10H,7H2. The van der Waals surface area contributed by atoms with E-state index in [4.69, 9.17) is 10.00 Å². The maximum absolute atomic E-state index is 10.6. The molecule has 0 radical (unpaired) electrons. The van der Waals surface area contributed by atoms with Crippen molar-refractivity contribution in [2.75, 3.05) is 0 Å². The van der Waals surface area contributed by atoms with Gasteiger partial charge in [-0.2, -0.15) is 5.26 Å². The molecular formula is C15H10BrNO2. The van der Waals surface area contributed by atoms with E-state index in [9.17, 15) is 4.79 Å². The van der Waals surface area contributed by atoms with Gasteiger partial charge in [-0.3, -0.25) is 4.79 Å². The number of benzene rings is 2. The molecule has 0 spiro atoms. The summed E-state index contributed by atoms with van der Waals surface area (Å²) in [5, 5.41) is 8.59. The number of halogens is 1. The molecule has 0 heterocycles. The number of aldehydes is 1. The predicted molar refractivity (Wildman–Crippen MR) is 75.4 cm³/mol. The summed E-state index contributed by atoms with van der Waals surface area (Å²) >= 11 is 3.36. The van der Waals surface area contributed by atoms with E-state index in [-0.39, 0.29) is 0 Å². The van der Waals surface area contributed by atoms with Crippen LogP contribution in [0.1, 0.15) is 15.9 Å². The lowest BCUT2D eigenvalue weighted by Gasteiger charge is -2.08. The third-order valence-corrected chi connectivity index (χ3v) is 3.15. The molecule has 0 saturated heterocycles. The molecule has 2 aromatic carbocycles. The van der Waals surface area contributed by atoms with Gasteiger partial charge in [-0.1, -0.05) is 12.1 Å². The Bertz CT molecular complexity index is 630. The second-order valence-corrected chi connectivity index (χ2v) is 4.74. The highest BCUT2D eigenvalue weighted by Crippen LogP contribution is 2.30. The van der Waals surface area contributed by atoms with Crippen LogP contribution in [0.2, 0.25) is 0 Å². The van der Waals surface area contributed by atoms with Gasteiger partial charge in [0.15, 0.2) is 0 Å². The number of carbonyl (C=O) groups excluding carboxylic acids is 1. The minimum atomic E-state index is 0.387. The van der Waals surface area contributed by atoms with E-state index in [0.717, 1.165) is 16.3 Å². The van der Waals surface area contributed by atoms with Gasteiger partial charge in [-0.25, -0.2) is 0 Å². The third-order valence-electron chi connectivity index (χ3n) is 2.53. The highest BCUT2D eigenvalue weighted by Gasteiger charge is 2.04. The number of hydrogen-bond donors (Lipinski definition) is 0. The van der Waals surface area contributed by atoms with Gasteiger partial charge in [-0.05, 0) is 51.8 Å². The Hall–Kier alpha value is -2.12. The number of ether oxygens (including phenoxy) is 1. The smallest absolute Gasteiger partial charge is 0.150 e. The molecular weight excluding hydrogens is 306 g/mol. The molecule has 0 unspecified atom stereocenters. The fourth-order valence-electron chi connectivity index (χ4n) is 1.57. The van der Waals surface area contributed by atoms with Gasteiger partial charge in [0.05, 0.1) is 17.0 Å². The van der Waals surface area contributed by atoms with Crippen LogP contribution in [0.5, 0.6) is 11.5 Å². The van der Waals surface area contributed by atoms with Gasteiger partial charge >= 0.3 is 0 Å². The van der Waals surface area contributed by atoms with Crippen molar-refractivity contribution in [3.63, 3.8) is 0 Å². The number of rotatable bonds is 4. The first-order chi connectivity index (χ1) is 9.22. The minimum absolute atomic E-state index is 0.387. The van der Waals surface area contributed by atoms with Crippen LogP contribution >= 0.6 is 15.9 Å². The number of nitrogens with zero attached hydrogens (tertiary/aromatic N) is 1. The molecule has 4 heteroatoms. The molecule has 2 aromatic rings. The molecule has 2 rings (SSSR count). The first-order valence-corrected chi connectivity index (χ1v) is 6.40. The second kappa shape index (κ2) is 6.17. The van der Waals surface area contributed by atoms with Crippen LogP contribution in [0, 0.1) is 11.3 Å². The molecule has 0 aromatic heterocycles. The Morgan fingerprint density at radius 2 is 1.95 bits per heavy atom. The zero-order valence-electron chi connectivity index (χ0n) is 9.97. The average molecular weight is 316 g/mol. The molecule has 0 N–H and O–H groups in total. The Morgan fingerprint density at radius 3 is 2.53 bits per heavy atom. The summed E-state index contributed by atoms with van der Waals surface area (Å²) in [4.78, 5) is 10.6. The van der Waals surface area contributed by atoms with Gasteiger partial charge < -0.3 is 4.74 Å². The van der Waals surface area contributed by atoms with Crippen molar-refractivity contribution in [3.8, 4) is 17.6 Å². The molecule has 0 saturated carbocycles. The average Bonchev–Trinajstić information content (AvgIpc) is 2.43. The van der Waals surface area contributed by atoms with E-state index in [1.54, 1.807) is 18.2 Å². The Labute approximate surface area is 119 Å². The van der Waals surface area contributed by atoms with Gasteiger partial charge in [-0.15, -0.1) is 0 Å². The summed E-state index contributed by atoms with van der Waals surface area (Å²) in [6, 6.07) is 14.6. The van der Waals surface area contributed by atoms with E-state index >= 15 is 0 Å². The second-order valence-electron chi connectivity index (χ2n) is 3.89. The minimum Gasteiger partial charge on any atom is -0.456 e. The lowest BCUT2D eigenvalue weighted by molar-refractivity contribution is 0.112. The van der Waals surface area contributed by atoms with E-state index in [1.165, 1.54) is 0 Å². The molecule has 0 amide bonds. The Morgan fingerprint density at radius 1 is 1.21 bits per heavy atom. The monoisotopic (exact) mass is 315 g/mol. The maximum atomic E-state index is 10.6. The number of hydrogen-bond acceptors (Lipinski definition) is 3.